The SMILES string of the molecule is Cn1c(=O)ccc2nccc(OC[C@H]3CC[C@H](NC(=O)O)CC3)c21. The Kier molecular flexibility index (Phi) is 4.69. The van der Waals surface area contributed by atoms with Crippen molar-refractivity contribution in [1.29, 1.82) is 0 Å². The molecule has 24 heavy (non-hydrogen) atoms. The second kappa shape index (κ2) is 6.90. The molecule has 0 spiro atoms. The maximum atomic E-state index is 11.8. The first-order valence-electron chi connectivity index (χ1n) is 8.11. The molecule has 2 aromatic heterocycles. The van der Waals surface area contributed by atoms with Crippen LogP contribution in [0.1, 0.15) is 25.7 Å². The Labute approximate surface area is 139 Å². The molecule has 3 rings (SSSR count). The highest BCUT2D eigenvalue weighted by molar-refractivity contribution is 5.80. The number of amides is 1. The predicted octanol–water partition coefficient (Wildman–Crippen LogP) is 2.14. The van der Waals surface area contributed by atoms with Crippen LogP contribution in [0.15, 0.2) is 29.2 Å². The van der Waals surface area contributed by atoms with Crippen LogP contribution in [0.5, 0.6) is 5.75 Å². The van der Waals surface area contributed by atoms with E-state index in [1.165, 1.54) is 6.07 Å². The van der Waals surface area contributed by atoms with Gasteiger partial charge in [0.2, 0.25) is 0 Å². The number of pyridine rings is 2. The molecule has 1 saturated carbocycles. The van der Waals surface area contributed by atoms with Crippen molar-refractivity contribution < 1.29 is 14.6 Å². The monoisotopic (exact) mass is 331 g/mol. The van der Waals surface area contributed by atoms with Crippen LogP contribution in [-0.4, -0.2) is 33.4 Å². The molecule has 2 aromatic rings. The summed E-state index contributed by atoms with van der Waals surface area (Å²) in [6.45, 7) is 0.558. The van der Waals surface area contributed by atoms with Gasteiger partial charge in [-0.25, -0.2) is 4.79 Å². The van der Waals surface area contributed by atoms with E-state index in [2.05, 4.69) is 10.3 Å². The van der Waals surface area contributed by atoms with Gasteiger partial charge in [0.15, 0.2) is 0 Å². The average molecular weight is 331 g/mol. The van der Waals surface area contributed by atoms with Crippen LogP contribution < -0.4 is 15.6 Å². The maximum Gasteiger partial charge on any atom is 0.404 e. The van der Waals surface area contributed by atoms with Gasteiger partial charge in [0.25, 0.3) is 5.56 Å². The summed E-state index contributed by atoms with van der Waals surface area (Å²) < 4.78 is 7.52. The van der Waals surface area contributed by atoms with E-state index in [4.69, 9.17) is 9.84 Å². The van der Waals surface area contributed by atoms with E-state index in [-0.39, 0.29) is 11.6 Å². The van der Waals surface area contributed by atoms with Crippen LogP contribution in [0.3, 0.4) is 0 Å². The fourth-order valence-electron chi connectivity index (χ4n) is 3.26. The number of carboxylic acid groups (broad SMARTS) is 1. The standard InChI is InChI=1S/C17H21N3O4/c1-20-15(21)7-6-13-16(20)14(8-9-18-13)24-10-11-2-4-12(5-3-11)19-17(22)23/h6-9,11-12,19H,2-5,10H2,1H3,(H,22,23)/t11-,12-. The molecule has 0 saturated heterocycles. The van der Waals surface area contributed by atoms with Crippen LogP contribution in [0, 0.1) is 5.92 Å². The van der Waals surface area contributed by atoms with Gasteiger partial charge in [0.1, 0.15) is 11.3 Å². The number of carbonyl (C=O) groups is 1. The molecule has 1 aliphatic rings. The molecule has 0 bridgehead atoms. The third-order valence-corrected chi connectivity index (χ3v) is 4.61. The van der Waals surface area contributed by atoms with Gasteiger partial charge in [-0.3, -0.25) is 9.78 Å². The minimum atomic E-state index is -0.959. The summed E-state index contributed by atoms with van der Waals surface area (Å²) in [6, 6.07) is 5.02. The molecule has 2 heterocycles. The first kappa shape index (κ1) is 16.3. The average Bonchev–Trinajstić information content (AvgIpc) is 2.57. The normalized spacial score (nSPS) is 20.7. The highest BCUT2D eigenvalue weighted by atomic mass is 16.5. The number of hydrogen-bond acceptors (Lipinski definition) is 4. The number of aromatic nitrogens is 2. The number of aryl methyl sites for hydroxylation is 1. The van der Waals surface area contributed by atoms with Crippen LogP contribution in [0.25, 0.3) is 11.0 Å². The summed E-state index contributed by atoms with van der Waals surface area (Å²) >= 11 is 0. The number of fused-ring (bicyclic) bond motifs is 1. The number of rotatable bonds is 4. The summed E-state index contributed by atoms with van der Waals surface area (Å²) in [5.74, 6) is 1.05. The molecule has 128 valence electrons. The molecule has 1 aliphatic carbocycles. The van der Waals surface area contributed by atoms with Crippen LogP contribution in [-0.2, 0) is 7.05 Å². The summed E-state index contributed by atoms with van der Waals surface area (Å²) in [5, 5.41) is 11.3. The van der Waals surface area contributed by atoms with Crippen molar-refractivity contribution in [1.82, 2.24) is 14.9 Å². The van der Waals surface area contributed by atoms with E-state index in [1.54, 1.807) is 29.9 Å². The van der Waals surface area contributed by atoms with E-state index < -0.39 is 6.09 Å². The quantitative estimate of drug-likeness (QED) is 0.895. The summed E-state index contributed by atoms with van der Waals surface area (Å²) in [6.07, 6.45) is 4.22. The van der Waals surface area contributed by atoms with E-state index in [0.717, 1.165) is 31.2 Å². The fourth-order valence-corrected chi connectivity index (χ4v) is 3.26. The number of hydrogen-bond donors (Lipinski definition) is 2. The van der Waals surface area contributed by atoms with Crippen molar-refractivity contribution in [3.63, 3.8) is 0 Å². The molecule has 0 aromatic carbocycles. The number of nitrogens with zero attached hydrogens (tertiary/aromatic N) is 2. The van der Waals surface area contributed by atoms with Crippen molar-refractivity contribution in [3.05, 3.63) is 34.7 Å². The van der Waals surface area contributed by atoms with Gasteiger partial charge in [-0.1, -0.05) is 0 Å². The van der Waals surface area contributed by atoms with Gasteiger partial charge in [-0.15, -0.1) is 0 Å². The lowest BCUT2D eigenvalue weighted by molar-refractivity contribution is 0.170. The molecule has 0 radical (unpaired) electrons. The Bertz CT molecular complexity index is 794. The smallest absolute Gasteiger partial charge is 0.404 e. The zero-order valence-corrected chi connectivity index (χ0v) is 13.6. The number of ether oxygens (including phenoxy) is 1. The van der Waals surface area contributed by atoms with Gasteiger partial charge in [-0.2, -0.15) is 0 Å². The third-order valence-electron chi connectivity index (χ3n) is 4.61. The Hall–Kier alpha value is -2.57. The largest absolute Gasteiger partial charge is 0.491 e. The van der Waals surface area contributed by atoms with Crippen LogP contribution >= 0.6 is 0 Å². The molecule has 0 unspecified atom stereocenters. The summed E-state index contributed by atoms with van der Waals surface area (Å²) in [5.41, 5.74) is 1.33. The molecular formula is C17H21N3O4. The van der Waals surface area contributed by atoms with Crippen molar-refractivity contribution >= 4 is 17.1 Å². The first-order valence-corrected chi connectivity index (χ1v) is 8.11. The van der Waals surface area contributed by atoms with Crippen molar-refractivity contribution in [2.75, 3.05) is 6.61 Å². The molecule has 1 fully saturated rings. The van der Waals surface area contributed by atoms with Gasteiger partial charge in [-0.05, 0) is 37.7 Å². The van der Waals surface area contributed by atoms with E-state index >= 15 is 0 Å². The highest BCUT2D eigenvalue weighted by Crippen LogP contribution is 2.27. The van der Waals surface area contributed by atoms with Gasteiger partial charge in [0, 0.05) is 31.4 Å². The zero-order chi connectivity index (χ0) is 17.1. The van der Waals surface area contributed by atoms with Crippen molar-refractivity contribution in [3.8, 4) is 5.75 Å². The lowest BCUT2D eigenvalue weighted by atomic mass is 9.86. The molecule has 0 aliphatic heterocycles. The lowest BCUT2D eigenvalue weighted by Gasteiger charge is -2.28. The second-order valence-electron chi connectivity index (χ2n) is 6.25. The van der Waals surface area contributed by atoms with E-state index in [1.807, 2.05) is 0 Å². The minimum Gasteiger partial charge on any atom is -0.491 e. The molecule has 2 N–H and O–H groups in total. The maximum absolute atomic E-state index is 11.8. The topological polar surface area (TPSA) is 93.5 Å². The van der Waals surface area contributed by atoms with Crippen molar-refractivity contribution in [2.45, 2.75) is 31.7 Å². The fraction of sp³-hybridized carbons (Fsp3) is 0.471. The van der Waals surface area contributed by atoms with Gasteiger partial charge in [0.05, 0.1) is 12.1 Å². The molecular weight excluding hydrogens is 310 g/mol. The van der Waals surface area contributed by atoms with Gasteiger partial charge >= 0.3 is 6.09 Å². The van der Waals surface area contributed by atoms with Crippen LogP contribution in [0.2, 0.25) is 0 Å². The van der Waals surface area contributed by atoms with Gasteiger partial charge < -0.3 is 19.7 Å². The van der Waals surface area contributed by atoms with E-state index in [9.17, 15) is 9.59 Å². The summed E-state index contributed by atoms with van der Waals surface area (Å²) in [4.78, 5) is 26.8. The first-order chi connectivity index (χ1) is 11.5. The Morgan fingerprint density at radius 2 is 2.08 bits per heavy atom. The second-order valence-corrected chi connectivity index (χ2v) is 6.25. The molecule has 7 nitrogen and oxygen atoms in total. The van der Waals surface area contributed by atoms with Crippen molar-refractivity contribution in [2.24, 2.45) is 13.0 Å². The highest BCUT2D eigenvalue weighted by Gasteiger charge is 2.23. The Morgan fingerprint density at radius 3 is 2.79 bits per heavy atom. The molecule has 1 amide bonds. The van der Waals surface area contributed by atoms with E-state index in [0.29, 0.717) is 23.8 Å². The Balaban J connectivity index is 1.66. The zero-order valence-electron chi connectivity index (χ0n) is 13.6. The molecule has 7 heteroatoms. The third kappa shape index (κ3) is 3.50. The Morgan fingerprint density at radius 1 is 1.33 bits per heavy atom. The predicted molar refractivity (Wildman–Crippen MR) is 89.4 cm³/mol. The number of nitrogens with one attached hydrogen (secondary N) is 1. The van der Waals surface area contributed by atoms with Crippen LogP contribution in [0.4, 0.5) is 4.79 Å². The minimum absolute atomic E-state index is 0.0429. The molecule has 0 atom stereocenters. The lowest BCUT2D eigenvalue weighted by Crippen LogP contribution is -2.37. The summed E-state index contributed by atoms with van der Waals surface area (Å²) in [7, 11) is 1.71.